The number of nitrogens with zero attached hydrogens (tertiary/aromatic N) is 1. The molecule has 3 nitrogen and oxygen atoms in total. The van der Waals surface area contributed by atoms with Gasteiger partial charge < -0.3 is 4.74 Å². The largest absolute Gasteiger partial charge is 0.451 e. The van der Waals surface area contributed by atoms with Gasteiger partial charge in [-0.3, -0.25) is 0 Å². The van der Waals surface area contributed by atoms with Gasteiger partial charge in [0.1, 0.15) is 0 Å². The molecule has 0 aliphatic rings. The Kier molecular flexibility index (Phi) is 8.04. The molecule has 3 aromatic carbocycles. The van der Waals surface area contributed by atoms with E-state index >= 15 is 0 Å². The minimum Gasteiger partial charge on any atom is -0.451 e. The van der Waals surface area contributed by atoms with E-state index in [-0.39, 0.29) is 5.66 Å². The van der Waals surface area contributed by atoms with Gasteiger partial charge in [-0.25, -0.2) is 4.79 Å². The van der Waals surface area contributed by atoms with E-state index in [1.165, 1.54) is 12.7 Å². The van der Waals surface area contributed by atoms with Gasteiger partial charge in [0.15, 0.2) is 0 Å². The molecule has 1 amide bonds. The van der Waals surface area contributed by atoms with Crippen LogP contribution in [0.15, 0.2) is 95.7 Å². The maximum absolute atomic E-state index is 12.6. The Morgan fingerprint density at radius 3 is 1.83 bits per heavy atom. The maximum Gasteiger partial charge on any atom is 0.432 e. The standard InChI is InChI=1S/C26H30NO2P/c1-3-4-16-25(21-22-14-8-5-9-15-22)30(27-26(28)29-2,23-17-10-6-11-18-23)24-19-12-7-13-20-24/h5-15,17-20,25H,3-4,16,21H2,1-2H3. The summed E-state index contributed by atoms with van der Waals surface area (Å²) in [6.07, 6.45) is 3.58. The van der Waals surface area contributed by atoms with Crippen molar-refractivity contribution in [1.29, 1.82) is 0 Å². The van der Waals surface area contributed by atoms with E-state index in [4.69, 9.17) is 9.48 Å². The third-order valence-corrected chi connectivity index (χ3v) is 9.59. The molecule has 0 saturated heterocycles. The predicted octanol–water partition coefficient (Wildman–Crippen LogP) is 6.41. The molecule has 3 rings (SSSR count). The zero-order chi connectivity index (χ0) is 21.2. The summed E-state index contributed by atoms with van der Waals surface area (Å²) in [5.41, 5.74) is 1.48. The lowest BCUT2D eigenvalue weighted by molar-refractivity contribution is 0.183. The maximum atomic E-state index is 12.6. The van der Waals surface area contributed by atoms with Crippen molar-refractivity contribution in [3.63, 3.8) is 0 Å². The fourth-order valence-electron chi connectivity index (χ4n) is 3.99. The minimum atomic E-state index is -2.43. The van der Waals surface area contributed by atoms with E-state index in [9.17, 15) is 4.79 Å². The number of methoxy groups -OCH3 is 1. The highest BCUT2D eigenvalue weighted by molar-refractivity contribution is 7.81. The normalized spacial score (nSPS) is 12.2. The molecule has 0 N–H and O–H groups in total. The molecule has 0 fully saturated rings. The first-order valence-electron chi connectivity index (χ1n) is 10.6. The molecule has 1 unspecified atom stereocenters. The Balaban J connectivity index is 2.28. The van der Waals surface area contributed by atoms with Crippen LogP contribution in [0.5, 0.6) is 0 Å². The summed E-state index contributed by atoms with van der Waals surface area (Å²) in [6, 6.07) is 31.2. The number of amides is 1. The van der Waals surface area contributed by atoms with E-state index in [1.807, 2.05) is 42.5 Å². The summed E-state index contributed by atoms with van der Waals surface area (Å²) in [6.45, 7) is 2.21. The topological polar surface area (TPSA) is 38.7 Å². The molecular formula is C26H30NO2P. The summed E-state index contributed by atoms with van der Waals surface area (Å²) < 4.78 is 9.94. The van der Waals surface area contributed by atoms with Crippen LogP contribution in [-0.4, -0.2) is 18.9 Å². The summed E-state index contributed by atoms with van der Waals surface area (Å²) >= 11 is 0. The van der Waals surface area contributed by atoms with Gasteiger partial charge in [-0.05, 0) is 29.0 Å². The second-order valence-electron chi connectivity index (χ2n) is 7.41. The Morgan fingerprint density at radius 1 is 0.867 bits per heavy atom. The smallest absolute Gasteiger partial charge is 0.432 e. The van der Waals surface area contributed by atoms with Crippen molar-refractivity contribution in [3.8, 4) is 0 Å². The first-order valence-corrected chi connectivity index (χ1v) is 12.4. The van der Waals surface area contributed by atoms with Crippen LogP contribution in [0.4, 0.5) is 4.79 Å². The van der Waals surface area contributed by atoms with Crippen LogP contribution in [0.3, 0.4) is 0 Å². The second-order valence-corrected chi connectivity index (χ2v) is 10.7. The Bertz CT molecular complexity index is 928. The van der Waals surface area contributed by atoms with E-state index in [0.29, 0.717) is 0 Å². The number of ether oxygens (including phenoxy) is 1. The molecule has 0 aromatic heterocycles. The minimum absolute atomic E-state index is 0.212. The van der Waals surface area contributed by atoms with Crippen LogP contribution >= 0.6 is 7.05 Å². The lowest BCUT2D eigenvalue weighted by atomic mass is 10.1. The van der Waals surface area contributed by atoms with Gasteiger partial charge in [0.05, 0.1) is 7.11 Å². The highest BCUT2D eigenvalue weighted by Gasteiger charge is 2.35. The van der Waals surface area contributed by atoms with Crippen LogP contribution in [-0.2, 0) is 11.2 Å². The fourth-order valence-corrected chi connectivity index (χ4v) is 8.15. The van der Waals surface area contributed by atoms with Crippen molar-refractivity contribution in [2.45, 2.75) is 38.3 Å². The van der Waals surface area contributed by atoms with Crippen molar-refractivity contribution in [1.82, 2.24) is 0 Å². The number of carbonyl (C=O) groups is 1. The Hall–Kier alpha value is -2.64. The van der Waals surface area contributed by atoms with Crippen molar-refractivity contribution in [2.24, 2.45) is 4.74 Å². The van der Waals surface area contributed by atoms with Gasteiger partial charge in [0, 0.05) is 12.7 Å². The molecule has 0 heterocycles. The lowest BCUT2D eigenvalue weighted by Crippen LogP contribution is -2.29. The average molecular weight is 420 g/mol. The third-order valence-electron chi connectivity index (χ3n) is 5.45. The summed E-state index contributed by atoms with van der Waals surface area (Å²) in [4.78, 5) is 12.6. The average Bonchev–Trinajstić information content (AvgIpc) is 2.82. The van der Waals surface area contributed by atoms with Gasteiger partial charge in [0.25, 0.3) is 0 Å². The number of hydrogen-bond donors (Lipinski definition) is 0. The van der Waals surface area contributed by atoms with Crippen LogP contribution in [0.1, 0.15) is 31.7 Å². The van der Waals surface area contributed by atoms with E-state index in [1.54, 1.807) is 0 Å². The van der Waals surface area contributed by atoms with Crippen molar-refractivity contribution < 1.29 is 9.53 Å². The summed E-state index contributed by atoms with van der Waals surface area (Å²) in [5.74, 6) is 0. The number of rotatable bonds is 8. The number of unbranched alkanes of at least 4 members (excludes halogenated alkanes) is 1. The molecule has 0 spiro atoms. The van der Waals surface area contributed by atoms with Gasteiger partial charge in [0.2, 0.25) is 0 Å². The van der Waals surface area contributed by atoms with Crippen LogP contribution < -0.4 is 10.6 Å². The van der Waals surface area contributed by atoms with Crippen molar-refractivity contribution in [3.05, 3.63) is 96.6 Å². The third kappa shape index (κ3) is 5.09. The van der Waals surface area contributed by atoms with Crippen LogP contribution in [0.2, 0.25) is 0 Å². The Labute approximate surface area is 180 Å². The zero-order valence-electron chi connectivity index (χ0n) is 17.8. The second kappa shape index (κ2) is 10.9. The molecule has 0 bridgehead atoms. The molecule has 0 radical (unpaired) electrons. The molecule has 0 saturated carbocycles. The molecule has 156 valence electrons. The van der Waals surface area contributed by atoms with Gasteiger partial charge >= 0.3 is 6.09 Å². The van der Waals surface area contributed by atoms with E-state index in [2.05, 4.69) is 55.5 Å². The molecule has 1 atom stereocenters. The lowest BCUT2D eigenvalue weighted by Gasteiger charge is -2.34. The quantitative estimate of drug-likeness (QED) is 0.396. The number of hydrogen-bond acceptors (Lipinski definition) is 2. The van der Waals surface area contributed by atoms with Gasteiger partial charge in [-0.15, -0.1) is 0 Å². The molecule has 4 heteroatoms. The van der Waals surface area contributed by atoms with E-state index in [0.717, 1.165) is 36.3 Å². The zero-order valence-corrected chi connectivity index (χ0v) is 18.7. The first kappa shape index (κ1) is 22.1. The first-order chi connectivity index (χ1) is 14.7. The Morgan fingerprint density at radius 2 is 1.37 bits per heavy atom. The highest BCUT2D eigenvalue weighted by Crippen LogP contribution is 2.55. The monoisotopic (exact) mass is 419 g/mol. The van der Waals surface area contributed by atoms with Crippen molar-refractivity contribution >= 4 is 23.8 Å². The number of carbonyl (C=O) groups excluding carboxylic acids is 1. The molecule has 3 aromatic rings. The summed E-state index contributed by atoms with van der Waals surface area (Å²) in [5, 5.41) is 2.25. The van der Waals surface area contributed by atoms with Crippen LogP contribution in [0, 0.1) is 0 Å². The van der Waals surface area contributed by atoms with Gasteiger partial charge in [-0.2, -0.15) is 4.74 Å². The summed E-state index contributed by atoms with van der Waals surface area (Å²) in [7, 11) is -1.02. The van der Waals surface area contributed by atoms with Gasteiger partial charge in [-0.1, -0.05) is 111 Å². The predicted molar refractivity (Wildman–Crippen MR) is 127 cm³/mol. The van der Waals surface area contributed by atoms with E-state index < -0.39 is 13.1 Å². The molecule has 0 aliphatic carbocycles. The number of benzene rings is 3. The SMILES string of the molecule is CCCCC(Cc1ccccc1)P(=NC(=O)OC)(c1ccccc1)c1ccccc1. The van der Waals surface area contributed by atoms with Crippen LogP contribution in [0.25, 0.3) is 0 Å². The molecular weight excluding hydrogens is 389 g/mol. The highest BCUT2D eigenvalue weighted by atomic mass is 31.2. The molecule has 0 aliphatic heterocycles. The molecule has 30 heavy (non-hydrogen) atoms. The van der Waals surface area contributed by atoms with Crippen molar-refractivity contribution in [2.75, 3.05) is 7.11 Å². The fraction of sp³-hybridized carbons (Fsp3) is 0.269.